The smallest absolute Gasteiger partial charge is 0.185 e. The van der Waals surface area contributed by atoms with Gasteiger partial charge < -0.3 is 4.81 Å². The Morgan fingerprint density at radius 1 is 1.27 bits per heavy atom. The van der Waals surface area contributed by atoms with Crippen molar-refractivity contribution in [2.75, 3.05) is 6.54 Å². The molecule has 0 aromatic heterocycles. The van der Waals surface area contributed by atoms with Crippen LogP contribution in [0.3, 0.4) is 0 Å². The lowest BCUT2D eigenvalue weighted by Gasteiger charge is -2.13. The van der Waals surface area contributed by atoms with Gasteiger partial charge in [-0.25, -0.2) is 0 Å². The Morgan fingerprint density at radius 2 is 1.91 bits per heavy atom. The summed E-state index contributed by atoms with van der Waals surface area (Å²) >= 11 is 0. The van der Waals surface area contributed by atoms with Crippen LogP contribution in [0, 0.1) is 0 Å². The monoisotopic (exact) mass is 147 g/mol. The van der Waals surface area contributed by atoms with Gasteiger partial charge in [-0.2, -0.15) is 0 Å². The molecule has 0 aliphatic rings. The van der Waals surface area contributed by atoms with Crippen molar-refractivity contribution >= 4 is 7.98 Å². The number of hydrogen-bond donors (Lipinski definition) is 0. The lowest BCUT2D eigenvalue weighted by atomic mass is 10.2. The Kier molecular flexibility index (Phi) is 3.18. The Hall–Kier alpha value is -0.755. The first-order chi connectivity index (χ1) is 5.33. The molecule has 1 rings (SSSR count). The van der Waals surface area contributed by atoms with Gasteiger partial charge in [-0.05, 0) is 12.1 Å². The second kappa shape index (κ2) is 4.19. The van der Waals surface area contributed by atoms with Crippen molar-refractivity contribution in [3.63, 3.8) is 0 Å². The normalized spacial score (nSPS) is 10.4. The third kappa shape index (κ3) is 2.77. The van der Waals surface area contributed by atoms with E-state index in [2.05, 4.69) is 50.0 Å². The van der Waals surface area contributed by atoms with Crippen molar-refractivity contribution in [2.45, 2.75) is 13.5 Å². The van der Waals surface area contributed by atoms with Crippen LogP contribution in [-0.4, -0.2) is 19.3 Å². The van der Waals surface area contributed by atoms with Crippen LogP contribution in [0.15, 0.2) is 30.3 Å². The first kappa shape index (κ1) is 8.34. The van der Waals surface area contributed by atoms with Crippen LogP contribution >= 0.6 is 0 Å². The molecule has 0 saturated heterocycles. The fraction of sp³-hybridized carbons (Fsp3) is 0.333. The second-order valence-corrected chi connectivity index (χ2v) is 2.82. The fourth-order valence-corrected chi connectivity index (χ4v) is 1.01. The Bertz CT molecular complexity index is 198. The lowest BCUT2D eigenvalue weighted by molar-refractivity contribution is 0.473. The standard InChI is InChI=1S/C9H14BN/c1-2-11(10)8-9-6-4-3-5-7-9/h3-7H,2,8,10H2,1H3. The van der Waals surface area contributed by atoms with Gasteiger partial charge in [0.2, 0.25) is 0 Å². The summed E-state index contributed by atoms with van der Waals surface area (Å²) in [6, 6.07) is 10.5. The zero-order chi connectivity index (χ0) is 8.10. The van der Waals surface area contributed by atoms with E-state index in [-0.39, 0.29) is 0 Å². The van der Waals surface area contributed by atoms with E-state index in [0.717, 1.165) is 13.1 Å². The lowest BCUT2D eigenvalue weighted by Crippen LogP contribution is -2.18. The molecular weight excluding hydrogens is 133 g/mol. The molecule has 0 spiro atoms. The molecule has 2 heteroatoms. The summed E-state index contributed by atoms with van der Waals surface area (Å²) in [5, 5.41) is 0. The number of rotatable bonds is 3. The van der Waals surface area contributed by atoms with Crippen LogP contribution in [0.2, 0.25) is 0 Å². The van der Waals surface area contributed by atoms with E-state index in [1.54, 1.807) is 0 Å². The molecule has 1 aromatic rings. The molecule has 0 fully saturated rings. The van der Waals surface area contributed by atoms with Crippen molar-refractivity contribution in [3.05, 3.63) is 35.9 Å². The van der Waals surface area contributed by atoms with E-state index in [0.29, 0.717) is 0 Å². The van der Waals surface area contributed by atoms with E-state index >= 15 is 0 Å². The Morgan fingerprint density at radius 3 is 2.45 bits per heavy atom. The molecule has 0 bridgehead atoms. The highest BCUT2D eigenvalue weighted by molar-refractivity contribution is 6.04. The van der Waals surface area contributed by atoms with Crippen LogP contribution in [0.4, 0.5) is 0 Å². The first-order valence-electron chi connectivity index (χ1n) is 4.05. The molecule has 0 N–H and O–H groups in total. The van der Waals surface area contributed by atoms with E-state index < -0.39 is 0 Å². The Balaban J connectivity index is 2.51. The quantitative estimate of drug-likeness (QED) is 0.577. The van der Waals surface area contributed by atoms with Gasteiger partial charge in [0, 0.05) is 6.54 Å². The second-order valence-electron chi connectivity index (χ2n) is 2.82. The van der Waals surface area contributed by atoms with Gasteiger partial charge in [0.1, 0.15) is 0 Å². The average Bonchev–Trinajstić information content (AvgIpc) is 2.06. The van der Waals surface area contributed by atoms with Crippen molar-refractivity contribution in [1.82, 2.24) is 4.81 Å². The highest BCUT2D eigenvalue weighted by atomic mass is 15.0. The first-order valence-corrected chi connectivity index (χ1v) is 4.05. The van der Waals surface area contributed by atoms with Gasteiger partial charge in [0.05, 0.1) is 0 Å². The number of nitrogens with zero attached hydrogens (tertiary/aromatic N) is 1. The van der Waals surface area contributed by atoms with Crippen LogP contribution in [0.25, 0.3) is 0 Å². The summed E-state index contributed by atoms with van der Waals surface area (Å²) in [4.78, 5) is 2.29. The molecule has 11 heavy (non-hydrogen) atoms. The summed E-state index contributed by atoms with van der Waals surface area (Å²) in [6.07, 6.45) is 0. The van der Waals surface area contributed by atoms with Gasteiger partial charge in [0.25, 0.3) is 0 Å². The van der Waals surface area contributed by atoms with E-state index in [4.69, 9.17) is 0 Å². The molecule has 1 aromatic carbocycles. The van der Waals surface area contributed by atoms with Crippen molar-refractivity contribution in [3.8, 4) is 0 Å². The minimum absolute atomic E-state index is 1.05. The maximum atomic E-state index is 2.29. The van der Waals surface area contributed by atoms with Gasteiger partial charge in [-0.1, -0.05) is 37.3 Å². The van der Waals surface area contributed by atoms with Gasteiger partial charge in [0.15, 0.2) is 7.98 Å². The van der Waals surface area contributed by atoms with Crippen LogP contribution in [0.1, 0.15) is 12.5 Å². The predicted molar refractivity (Wildman–Crippen MR) is 51.1 cm³/mol. The number of hydrogen-bond acceptors (Lipinski definition) is 1. The highest BCUT2D eigenvalue weighted by Crippen LogP contribution is 2.00. The van der Waals surface area contributed by atoms with Crippen LogP contribution < -0.4 is 0 Å². The molecule has 0 aliphatic carbocycles. The van der Waals surface area contributed by atoms with E-state index in [1.165, 1.54) is 5.56 Å². The molecule has 0 aliphatic heterocycles. The largest absolute Gasteiger partial charge is 0.345 e. The van der Waals surface area contributed by atoms with Crippen LogP contribution in [0.5, 0.6) is 0 Å². The van der Waals surface area contributed by atoms with Gasteiger partial charge in [-0.15, -0.1) is 0 Å². The summed E-state index contributed by atoms with van der Waals surface area (Å²) in [6.45, 7) is 4.33. The molecular formula is C9H14BN. The number of benzene rings is 1. The molecule has 58 valence electrons. The molecule has 0 radical (unpaired) electrons. The summed E-state index contributed by atoms with van der Waals surface area (Å²) < 4.78 is 0. The third-order valence-electron chi connectivity index (χ3n) is 1.84. The van der Waals surface area contributed by atoms with E-state index in [9.17, 15) is 0 Å². The maximum Gasteiger partial charge on any atom is 0.185 e. The molecule has 1 nitrogen and oxygen atoms in total. The minimum Gasteiger partial charge on any atom is -0.345 e. The molecule has 0 heterocycles. The van der Waals surface area contributed by atoms with Crippen molar-refractivity contribution < 1.29 is 0 Å². The third-order valence-corrected chi connectivity index (χ3v) is 1.84. The summed E-state index contributed by atoms with van der Waals surface area (Å²) in [5.74, 6) is 0. The fourth-order valence-electron chi connectivity index (χ4n) is 1.01. The van der Waals surface area contributed by atoms with Gasteiger partial charge >= 0.3 is 0 Å². The molecule has 0 unspecified atom stereocenters. The molecule has 0 saturated carbocycles. The highest BCUT2D eigenvalue weighted by Gasteiger charge is 1.94. The summed E-state index contributed by atoms with van der Waals surface area (Å²) in [5.41, 5.74) is 1.39. The molecule has 0 amide bonds. The predicted octanol–water partition coefficient (Wildman–Crippen LogP) is 1.06. The maximum absolute atomic E-state index is 2.29. The van der Waals surface area contributed by atoms with Crippen molar-refractivity contribution in [2.24, 2.45) is 0 Å². The molecule has 0 atom stereocenters. The van der Waals surface area contributed by atoms with Crippen LogP contribution in [-0.2, 0) is 6.54 Å². The van der Waals surface area contributed by atoms with Crippen molar-refractivity contribution in [1.29, 1.82) is 0 Å². The zero-order valence-corrected chi connectivity index (χ0v) is 7.25. The average molecular weight is 147 g/mol. The SMILES string of the molecule is BN(CC)Cc1ccccc1. The summed E-state index contributed by atoms with van der Waals surface area (Å²) in [7, 11) is 2.13. The zero-order valence-electron chi connectivity index (χ0n) is 7.25. The van der Waals surface area contributed by atoms with Gasteiger partial charge in [-0.3, -0.25) is 0 Å². The van der Waals surface area contributed by atoms with E-state index in [1.807, 2.05) is 0 Å². The Labute approximate surface area is 69.5 Å². The minimum atomic E-state index is 1.05. The topological polar surface area (TPSA) is 3.24 Å².